The van der Waals surface area contributed by atoms with Gasteiger partial charge in [-0.1, -0.05) is 6.92 Å². The molecular formula is C15H28F3NO. The number of ether oxygens (including phenoxy) is 1. The predicted octanol–water partition coefficient (Wildman–Crippen LogP) is 4.15. The number of nitrogens with one attached hydrogen (secondary N) is 1. The molecular weight excluding hydrogens is 267 g/mol. The van der Waals surface area contributed by atoms with Gasteiger partial charge in [0.1, 0.15) is 0 Å². The van der Waals surface area contributed by atoms with Crippen molar-refractivity contribution in [1.82, 2.24) is 5.32 Å². The van der Waals surface area contributed by atoms with Gasteiger partial charge >= 0.3 is 6.18 Å². The zero-order valence-corrected chi connectivity index (χ0v) is 12.8. The van der Waals surface area contributed by atoms with Crippen molar-refractivity contribution in [1.29, 1.82) is 0 Å². The molecule has 5 heteroatoms. The summed E-state index contributed by atoms with van der Waals surface area (Å²) >= 11 is 0. The van der Waals surface area contributed by atoms with Crippen LogP contribution in [0.3, 0.4) is 0 Å². The first-order valence-electron chi connectivity index (χ1n) is 7.76. The second-order valence-corrected chi connectivity index (χ2v) is 6.10. The molecule has 120 valence electrons. The lowest BCUT2D eigenvalue weighted by Crippen LogP contribution is -2.43. The van der Waals surface area contributed by atoms with Crippen LogP contribution in [0.4, 0.5) is 13.2 Å². The first kappa shape index (κ1) is 17.8. The second kappa shape index (κ2) is 8.23. The fraction of sp³-hybridized carbons (Fsp3) is 1.00. The maximum absolute atomic E-state index is 12.7. The van der Waals surface area contributed by atoms with Gasteiger partial charge in [0.05, 0.1) is 18.6 Å². The summed E-state index contributed by atoms with van der Waals surface area (Å²) in [7, 11) is 0. The molecule has 1 aliphatic carbocycles. The average molecular weight is 295 g/mol. The smallest absolute Gasteiger partial charge is 0.377 e. The zero-order valence-electron chi connectivity index (χ0n) is 12.8. The fourth-order valence-electron chi connectivity index (χ4n) is 2.84. The molecule has 0 spiro atoms. The molecule has 1 aliphatic rings. The lowest BCUT2D eigenvalue weighted by atomic mass is 9.78. The summed E-state index contributed by atoms with van der Waals surface area (Å²) < 4.78 is 43.7. The summed E-state index contributed by atoms with van der Waals surface area (Å²) in [5.74, 6) is -0.796. The van der Waals surface area contributed by atoms with Gasteiger partial charge in [0.25, 0.3) is 0 Å². The quantitative estimate of drug-likeness (QED) is 0.762. The largest absolute Gasteiger partial charge is 0.391 e. The monoisotopic (exact) mass is 295 g/mol. The van der Waals surface area contributed by atoms with Gasteiger partial charge in [-0.15, -0.1) is 0 Å². The molecule has 1 atom stereocenters. The van der Waals surface area contributed by atoms with Gasteiger partial charge in [-0.2, -0.15) is 13.2 Å². The molecule has 1 unspecified atom stereocenters. The Kier molecular flexibility index (Phi) is 7.30. The van der Waals surface area contributed by atoms with Gasteiger partial charge in [-0.05, 0) is 58.4 Å². The maximum atomic E-state index is 12.7. The van der Waals surface area contributed by atoms with E-state index in [1.54, 1.807) is 0 Å². The molecule has 0 aromatic rings. The van der Waals surface area contributed by atoms with E-state index in [4.69, 9.17) is 4.74 Å². The molecule has 0 aromatic carbocycles. The van der Waals surface area contributed by atoms with Gasteiger partial charge in [0.2, 0.25) is 0 Å². The highest BCUT2D eigenvalue weighted by atomic mass is 19.4. The molecule has 0 bridgehead atoms. The van der Waals surface area contributed by atoms with Gasteiger partial charge in [-0.3, -0.25) is 0 Å². The number of hydrogen-bond acceptors (Lipinski definition) is 2. The highest BCUT2D eigenvalue weighted by Gasteiger charge is 2.42. The minimum Gasteiger partial charge on any atom is -0.377 e. The van der Waals surface area contributed by atoms with Crippen molar-refractivity contribution in [3.8, 4) is 0 Å². The molecule has 0 saturated heterocycles. The van der Waals surface area contributed by atoms with Crippen LogP contribution in [0, 0.1) is 11.8 Å². The van der Waals surface area contributed by atoms with Crippen molar-refractivity contribution < 1.29 is 17.9 Å². The van der Waals surface area contributed by atoms with Gasteiger partial charge in [0.15, 0.2) is 0 Å². The Labute approximate surface area is 120 Å². The molecule has 2 nitrogen and oxygen atoms in total. The lowest BCUT2D eigenvalue weighted by molar-refractivity contribution is -0.184. The van der Waals surface area contributed by atoms with Gasteiger partial charge in [-0.25, -0.2) is 0 Å². The Hall–Kier alpha value is -0.290. The van der Waals surface area contributed by atoms with Crippen LogP contribution in [0.5, 0.6) is 0 Å². The van der Waals surface area contributed by atoms with E-state index < -0.39 is 12.1 Å². The van der Waals surface area contributed by atoms with Crippen molar-refractivity contribution in [3.63, 3.8) is 0 Å². The summed E-state index contributed by atoms with van der Waals surface area (Å²) in [5.41, 5.74) is 0. The maximum Gasteiger partial charge on any atom is 0.391 e. The Morgan fingerprint density at radius 2 is 1.75 bits per heavy atom. The normalized spacial score (nSPS) is 25.9. The van der Waals surface area contributed by atoms with Crippen LogP contribution in [0.25, 0.3) is 0 Å². The van der Waals surface area contributed by atoms with E-state index in [9.17, 15) is 13.2 Å². The average Bonchev–Trinajstić information content (AvgIpc) is 2.38. The highest BCUT2D eigenvalue weighted by Crippen LogP contribution is 2.40. The Balaban J connectivity index is 2.47. The van der Waals surface area contributed by atoms with Crippen molar-refractivity contribution >= 4 is 0 Å². The molecule has 0 radical (unpaired) electrons. The van der Waals surface area contributed by atoms with Crippen LogP contribution in [0.2, 0.25) is 0 Å². The molecule has 0 aromatic heterocycles. The van der Waals surface area contributed by atoms with E-state index in [1.807, 2.05) is 13.8 Å². The predicted molar refractivity (Wildman–Crippen MR) is 74.7 cm³/mol. The molecule has 1 fully saturated rings. The minimum atomic E-state index is -4.02. The Morgan fingerprint density at radius 3 is 2.20 bits per heavy atom. The van der Waals surface area contributed by atoms with Crippen LogP contribution in [0.1, 0.15) is 52.9 Å². The van der Waals surface area contributed by atoms with Crippen LogP contribution in [-0.4, -0.2) is 31.5 Å². The Morgan fingerprint density at radius 1 is 1.15 bits per heavy atom. The van der Waals surface area contributed by atoms with E-state index >= 15 is 0 Å². The summed E-state index contributed by atoms with van der Waals surface area (Å²) in [4.78, 5) is 0. The molecule has 1 saturated carbocycles. The highest BCUT2D eigenvalue weighted by molar-refractivity contribution is 4.84. The van der Waals surface area contributed by atoms with Gasteiger partial charge < -0.3 is 10.1 Å². The van der Waals surface area contributed by atoms with Crippen LogP contribution in [-0.2, 0) is 4.74 Å². The molecule has 20 heavy (non-hydrogen) atoms. The molecule has 0 heterocycles. The van der Waals surface area contributed by atoms with Crippen LogP contribution < -0.4 is 5.32 Å². The Bertz CT molecular complexity index is 260. The summed E-state index contributed by atoms with van der Waals surface area (Å²) in [6.07, 6.45) is -1.02. The first-order valence-corrected chi connectivity index (χ1v) is 7.76. The lowest BCUT2D eigenvalue weighted by Gasteiger charge is -2.35. The minimum absolute atomic E-state index is 0.160. The zero-order chi connectivity index (χ0) is 15.2. The second-order valence-electron chi connectivity index (χ2n) is 6.10. The van der Waals surface area contributed by atoms with Crippen LogP contribution >= 0.6 is 0 Å². The van der Waals surface area contributed by atoms with E-state index in [0.717, 1.165) is 13.0 Å². The van der Waals surface area contributed by atoms with E-state index in [-0.39, 0.29) is 25.0 Å². The third-order valence-electron chi connectivity index (χ3n) is 4.07. The van der Waals surface area contributed by atoms with E-state index in [1.165, 1.54) is 0 Å². The number of halogens is 3. The molecule has 1 N–H and O–H groups in total. The number of alkyl halides is 3. The summed E-state index contributed by atoms with van der Waals surface area (Å²) in [6.45, 7) is 7.55. The molecule has 0 amide bonds. The van der Waals surface area contributed by atoms with Crippen molar-refractivity contribution in [2.45, 2.75) is 71.2 Å². The SMILES string of the molecule is CCCNC(COC(C)C)C1CCC(C(F)(F)F)CC1. The number of hydrogen-bond donors (Lipinski definition) is 1. The van der Waals surface area contributed by atoms with E-state index in [0.29, 0.717) is 25.4 Å². The first-order chi connectivity index (χ1) is 9.34. The summed E-state index contributed by atoms with van der Waals surface area (Å²) in [5, 5.41) is 3.44. The van der Waals surface area contributed by atoms with E-state index in [2.05, 4.69) is 12.2 Å². The molecule has 0 aliphatic heterocycles. The standard InChI is InChI=1S/C15H28F3NO/c1-4-9-19-14(10-20-11(2)3)12-5-7-13(8-6-12)15(16,17)18/h11-14,19H,4-10H2,1-3H3. The third-order valence-corrected chi connectivity index (χ3v) is 4.07. The summed E-state index contributed by atoms with van der Waals surface area (Å²) in [6, 6.07) is 0.187. The third kappa shape index (κ3) is 6.00. The van der Waals surface area contributed by atoms with Crippen LogP contribution in [0.15, 0.2) is 0 Å². The van der Waals surface area contributed by atoms with Crippen molar-refractivity contribution in [2.75, 3.05) is 13.2 Å². The number of rotatable bonds is 7. The van der Waals surface area contributed by atoms with Gasteiger partial charge in [0, 0.05) is 6.04 Å². The van der Waals surface area contributed by atoms with Crippen molar-refractivity contribution in [2.24, 2.45) is 11.8 Å². The van der Waals surface area contributed by atoms with Crippen molar-refractivity contribution in [3.05, 3.63) is 0 Å². The molecule has 1 rings (SSSR count). The fourth-order valence-corrected chi connectivity index (χ4v) is 2.84. The topological polar surface area (TPSA) is 21.3 Å².